The van der Waals surface area contributed by atoms with E-state index in [9.17, 15) is 0 Å². The zero-order valence-corrected chi connectivity index (χ0v) is 12.7. The van der Waals surface area contributed by atoms with Gasteiger partial charge in [0.15, 0.2) is 11.5 Å². The number of hydrogen-bond acceptors (Lipinski definition) is 5. The van der Waals surface area contributed by atoms with E-state index in [1.54, 1.807) is 4.68 Å². The fourth-order valence-electron chi connectivity index (χ4n) is 2.67. The minimum Gasteiger partial charge on any atom is -0.326 e. The summed E-state index contributed by atoms with van der Waals surface area (Å²) in [5.41, 5.74) is 11.6. The van der Waals surface area contributed by atoms with Crippen LogP contribution in [0.2, 0.25) is 0 Å². The Kier molecular flexibility index (Phi) is 3.17. The van der Waals surface area contributed by atoms with Gasteiger partial charge < -0.3 is 5.73 Å². The normalized spacial score (nSPS) is 11.3. The number of aromatic nitrogens is 5. The molecule has 0 bridgehead atoms. The van der Waals surface area contributed by atoms with Crippen LogP contribution in [0.3, 0.4) is 0 Å². The Morgan fingerprint density at radius 1 is 1.05 bits per heavy atom. The van der Waals surface area contributed by atoms with Crippen LogP contribution in [0, 0.1) is 27.7 Å². The van der Waals surface area contributed by atoms with Crippen LogP contribution in [-0.4, -0.2) is 25.0 Å². The van der Waals surface area contributed by atoms with Gasteiger partial charge in [-0.1, -0.05) is 0 Å². The highest BCUT2D eigenvalue weighted by atomic mass is 15.4. The van der Waals surface area contributed by atoms with Crippen molar-refractivity contribution in [2.24, 2.45) is 5.73 Å². The molecule has 3 aromatic heterocycles. The molecule has 108 valence electrons. The molecule has 3 aromatic rings. The van der Waals surface area contributed by atoms with Crippen molar-refractivity contribution in [1.82, 2.24) is 25.0 Å². The van der Waals surface area contributed by atoms with Gasteiger partial charge in [0, 0.05) is 17.6 Å². The smallest absolute Gasteiger partial charge is 0.178 e. The predicted molar refractivity (Wildman–Crippen MR) is 81.3 cm³/mol. The molecule has 0 spiro atoms. The SMILES string of the molecule is Cc1ccc(-n2nc(C)c3c(C)c(CN)c(C)nc32)nn1. The number of nitrogens with two attached hydrogens (primary N) is 1. The highest BCUT2D eigenvalue weighted by Crippen LogP contribution is 2.26. The number of aryl methyl sites for hydroxylation is 4. The summed E-state index contributed by atoms with van der Waals surface area (Å²) in [6.07, 6.45) is 0. The molecule has 0 aliphatic carbocycles. The Hall–Kier alpha value is -2.34. The highest BCUT2D eigenvalue weighted by Gasteiger charge is 2.17. The molecule has 3 heterocycles. The maximum Gasteiger partial charge on any atom is 0.178 e. The average Bonchev–Trinajstić information content (AvgIpc) is 2.77. The Morgan fingerprint density at radius 2 is 1.81 bits per heavy atom. The van der Waals surface area contributed by atoms with Crippen LogP contribution in [0.4, 0.5) is 0 Å². The van der Waals surface area contributed by atoms with E-state index in [4.69, 9.17) is 5.73 Å². The molecule has 21 heavy (non-hydrogen) atoms. The maximum absolute atomic E-state index is 5.84. The molecule has 0 fully saturated rings. The van der Waals surface area contributed by atoms with Crippen molar-refractivity contribution in [2.75, 3.05) is 0 Å². The second-order valence-corrected chi connectivity index (χ2v) is 5.23. The molecule has 0 radical (unpaired) electrons. The fourth-order valence-corrected chi connectivity index (χ4v) is 2.67. The van der Waals surface area contributed by atoms with E-state index in [-0.39, 0.29) is 0 Å². The van der Waals surface area contributed by atoms with Crippen LogP contribution in [0.1, 0.15) is 28.2 Å². The van der Waals surface area contributed by atoms with E-state index in [0.717, 1.165) is 39.2 Å². The van der Waals surface area contributed by atoms with E-state index in [2.05, 4.69) is 27.2 Å². The first kappa shape index (κ1) is 13.6. The molecule has 3 rings (SSSR count). The van der Waals surface area contributed by atoms with Gasteiger partial charge in [-0.15, -0.1) is 5.10 Å². The van der Waals surface area contributed by atoms with Gasteiger partial charge in [-0.25, -0.2) is 4.98 Å². The maximum atomic E-state index is 5.84. The average molecular weight is 282 g/mol. The van der Waals surface area contributed by atoms with Gasteiger partial charge in [0.25, 0.3) is 0 Å². The Morgan fingerprint density at radius 3 is 2.43 bits per heavy atom. The molecule has 6 heteroatoms. The molecule has 0 aliphatic rings. The summed E-state index contributed by atoms with van der Waals surface area (Å²) < 4.78 is 1.75. The molecule has 6 nitrogen and oxygen atoms in total. The first-order chi connectivity index (χ1) is 10.0. The number of pyridine rings is 1. The molecule has 0 amide bonds. The molecule has 2 N–H and O–H groups in total. The van der Waals surface area contributed by atoms with Gasteiger partial charge in [-0.3, -0.25) is 0 Å². The van der Waals surface area contributed by atoms with E-state index >= 15 is 0 Å². The number of nitrogens with zero attached hydrogens (tertiary/aromatic N) is 5. The van der Waals surface area contributed by atoms with Crippen LogP contribution < -0.4 is 5.73 Å². The van der Waals surface area contributed by atoms with Gasteiger partial charge in [0.1, 0.15) is 0 Å². The minimum absolute atomic E-state index is 0.482. The summed E-state index contributed by atoms with van der Waals surface area (Å²) in [6, 6.07) is 3.82. The summed E-state index contributed by atoms with van der Waals surface area (Å²) >= 11 is 0. The van der Waals surface area contributed by atoms with Gasteiger partial charge >= 0.3 is 0 Å². The minimum atomic E-state index is 0.482. The monoisotopic (exact) mass is 282 g/mol. The van der Waals surface area contributed by atoms with Crippen LogP contribution in [-0.2, 0) is 6.54 Å². The second-order valence-electron chi connectivity index (χ2n) is 5.23. The van der Waals surface area contributed by atoms with Crippen molar-refractivity contribution >= 4 is 11.0 Å². The van der Waals surface area contributed by atoms with Crippen LogP contribution in [0.25, 0.3) is 16.9 Å². The van der Waals surface area contributed by atoms with Crippen molar-refractivity contribution in [2.45, 2.75) is 34.2 Å². The van der Waals surface area contributed by atoms with E-state index in [1.807, 2.05) is 32.9 Å². The first-order valence-electron chi connectivity index (χ1n) is 6.89. The largest absolute Gasteiger partial charge is 0.326 e. The standard InChI is InChI=1S/C15H18N6/c1-8-5-6-13(19-18-8)21-15-14(11(4)20-21)9(2)12(7-16)10(3)17-15/h5-6H,7,16H2,1-4H3. The second kappa shape index (κ2) is 4.89. The summed E-state index contributed by atoms with van der Waals surface area (Å²) in [5.74, 6) is 0.672. The van der Waals surface area contributed by atoms with Crippen molar-refractivity contribution < 1.29 is 0 Å². The molecule has 0 unspecified atom stereocenters. The van der Waals surface area contributed by atoms with Crippen molar-refractivity contribution in [3.05, 3.63) is 40.3 Å². The predicted octanol–water partition coefficient (Wildman–Crippen LogP) is 1.90. The summed E-state index contributed by atoms with van der Waals surface area (Å²) in [4.78, 5) is 4.68. The van der Waals surface area contributed by atoms with Crippen molar-refractivity contribution in [1.29, 1.82) is 0 Å². The third-order valence-corrected chi connectivity index (χ3v) is 3.78. The van der Waals surface area contributed by atoms with Crippen LogP contribution >= 0.6 is 0 Å². The Balaban J connectivity index is 2.33. The number of rotatable bonds is 2. The quantitative estimate of drug-likeness (QED) is 0.776. The molecular formula is C15H18N6. The fraction of sp³-hybridized carbons (Fsp3) is 0.333. The van der Waals surface area contributed by atoms with E-state index < -0.39 is 0 Å². The third kappa shape index (κ3) is 2.08. The third-order valence-electron chi connectivity index (χ3n) is 3.78. The lowest BCUT2D eigenvalue weighted by Crippen LogP contribution is -2.07. The Labute approximate surface area is 123 Å². The first-order valence-corrected chi connectivity index (χ1v) is 6.89. The zero-order chi connectivity index (χ0) is 15.1. The van der Waals surface area contributed by atoms with Gasteiger partial charge in [0.2, 0.25) is 0 Å². The van der Waals surface area contributed by atoms with Crippen molar-refractivity contribution in [3.8, 4) is 5.82 Å². The highest BCUT2D eigenvalue weighted by molar-refractivity contribution is 5.84. The molecular weight excluding hydrogens is 264 g/mol. The van der Waals surface area contributed by atoms with E-state index in [1.165, 1.54) is 0 Å². The topological polar surface area (TPSA) is 82.5 Å². The number of hydrogen-bond donors (Lipinski definition) is 1. The van der Waals surface area contributed by atoms with Crippen LogP contribution in [0.5, 0.6) is 0 Å². The molecule has 0 aromatic carbocycles. The van der Waals surface area contributed by atoms with Crippen LogP contribution in [0.15, 0.2) is 12.1 Å². The van der Waals surface area contributed by atoms with Crippen molar-refractivity contribution in [3.63, 3.8) is 0 Å². The lowest BCUT2D eigenvalue weighted by Gasteiger charge is -2.09. The lowest BCUT2D eigenvalue weighted by molar-refractivity contribution is 0.807. The molecule has 0 saturated heterocycles. The molecule has 0 atom stereocenters. The van der Waals surface area contributed by atoms with Gasteiger partial charge in [-0.05, 0) is 51.0 Å². The molecule has 0 aliphatic heterocycles. The molecule has 0 saturated carbocycles. The van der Waals surface area contributed by atoms with Gasteiger partial charge in [-0.2, -0.15) is 14.9 Å². The Bertz CT molecular complexity index is 817. The number of fused-ring (bicyclic) bond motifs is 1. The summed E-state index contributed by atoms with van der Waals surface area (Å²) in [5, 5.41) is 13.9. The lowest BCUT2D eigenvalue weighted by atomic mass is 10.0. The summed E-state index contributed by atoms with van der Waals surface area (Å²) in [7, 11) is 0. The van der Waals surface area contributed by atoms with Gasteiger partial charge in [0.05, 0.1) is 11.4 Å². The van der Waals surface area contributed by atoms with E-state index in [0.29, 0.717) is 12.4 Å². The summed E-state index contributed by atoms with van der Waals surface area (Å²) in [6.45, 7) is 8.41. The zero-order valence-electron chi connectivity index (χ0n) is 12.7.